The van der Waals surface area contributed by atoms with Crippen LogP contribution in [-0.4, -0.2) is 15.0 Å². The predicted octanol–water partition coefficient (Wildman–Crippen LogP) is 13.9. The van der Waals surface area contributed by atoms with Gasteiger partial charge in [0, 0.05) is 42.2 Å². The van der Waals surface area contributed by atoms with Gasteiger partial charge in [0.15, 0.2) is 17.5 Å². The van der Waals surface area contributed by atoms with Gasteiger partial charge in [-0.2, -0.15) is 0 Å². The van der Waals surface area contributed by atoms with Crippen LogP contribution in [0.3, 0.4) is 0 Å². The Hall–Kier alpha value is -7.27. The summed E-state index contributed by atoms with van der Waals surface area (Å²) < 4.78 is 2.52. The Morgan fingerprint density at radius 1 is 0.345 bits per heavy atom. The van der Waals surface area contributed by atoms with E-state index in [0.717, 1.165) is 27.5 Å². The molecule has 4 heteroatoms. The van der Waals surface area contributed by atoms with Crippen LogP contribution in [0.4, 0.5) is 0 Å². The largest absolute Gasteiger partial charge is 0.208 e. The van der Waals surface area contributed by atoms with E-state index in [1.165, 1.54) is 64.3 Å². The minimum atomic E-state index is -0.539. The molecule has 0 radical (unpaired) electrons. The van der Waals surface area contributed by atoms with E-state index in [2.05, 4.69) is 200 Å². The van der Waals surface area contributed by atoms with Crippen LogP contribution in [0.5, 0.6) is 0 Å². The lowest BCUT2D eigenvalue weighted by molar-refractivity contribution is 0.768. The lowest BCUT2D eigenvalue weighted by atomic mass is 9.67. The van der Waals surface area contributed by atoms with E-state index >= 15 is 0 Å². The summed E-state index contributed by atoms with van der Waals surface area (Å²) >= 11 is 1.82. The first kappa shape index (κ1) is 32.9. The summed E-state index contributed by atoms with van der Waals surface area (Å²) in [6.07, 6.45) is 0. The lowest BCUT2D eigenvalue weighted by Crippen LogP contribution is -2.28. The van der Waals surface area contributed by atoms with Crippen molar-refractivity contribution in [3.63, 3.8) is 0 Å². The number of thiophene rings is 1. The Bertz CT molecular complexity index is 3370. The SMILES string of the molecule is c1ccc(C2(c3ccccc3)c3ccccc3-c3ccc(-c4nc(-c5ccc6sc7ccccc7c6c5)nc(-c5cccc6ccc7ccccc7c56)n4)cc32)cc1. The van der Waals surface area contributed by atoms with E-state index in [0.29, 0.717) is 17.5 Å². The highest BCUT2D eigenvalue weighted by Gasteiger charge is 2.46. The van der Waals surface area contributed by atoms with Crippen LogP contribution in [0, 0.1) is 0 Å². The number of aromatic nitrogens is 3. The van der Waals surface area contributed by atoms with Gasteiger partial charge in [0.1, 0.15) is 0 Å². The van der Waals surface area contributed by atoms with Gasteiger partial charge >= 0.3 is 0 Å². The molecule has 1 aliphatic rings. The minimum absolute atomic E-state index is 0.539. The maximum atomic E-state index is 5.41. The fraction of sp³-hybridized carbons (Fsp3) is 0.0185. The highest BCUT2D eigenvalue weighted by molar-refractivity contribution is 7.25. The van der Waals surface area contributed by atoms with Crippen molar-refractivity contribution in [2.75, 3.05) is 0 Å². The molecule has 12 rings (SSSR count). The summed E-state index contributed by atoms with van der Waals surface area (Å²) in [6.45, 7) is 0. The normalized spacial score (nSPS) is 13.0. The summed E-state index contributed by atoms with van der Waals surface area (Å²) in [5.41, 5.74) is 9.75. The molecular weight excluding hydrogens is 723 g/mol. The van der Waals surface area contributed by atoms with Crippen molar-refractivity contribution in [2.24, 2.45) is 0 Å². The second-order valence-corrected chi connectivity index (χ2v) is 16.2. The summed E-state index contributed by atoms with van der Waals surface area (Å²) in [7, 11) is 0. The molecule has 9 aromatic carbocycles. The van der Waals surface area contributed by atoms with Crippen LogP contribution in [0.2, 0.25) is 0 Å². The van der Waals surface area contributed by atoms with E-state index in [9.17, 15) is 0 Å². The van der Waals surface area contributed by atoms with Gasteiger partial charge in [-0.05, 0) is 79.9 Å². The van der Waals surface area contributed by atoms with Crippen LogP contribution in [0.25, 0.3) is 87.0 Å². The number of rotatable bonds is 5. The van der Waals surface area contributed by atoms with Crippen molar-refractivity contribution in [3.8, 4) is 45.3 Å². The van der Waals surface area contributed by atoms with Gasteiger partial charge in [-0.25, -0.2) is 15.0 Å². The molecule has 0 spiro atoms. The van der Waals surface area contributed by atoms with Crippen LogP contribution >= 0.6 is 11.3 Å². The van der Waals surface area contributed by atoms with Crippen LogP contribution in [0.15, 0.2) is 200 Å². The quantitative estimate of drug-likeness (QED) is 0.164. The molecule has 2 aromatic heterocycles. The molecule has 58 heavy (non-hydrogen) atoms. The minimum Gasteiger partial charge on any atom is -0.208 e. The Kier molecular flexibility index (Phi) is 7.31. The Labute approximate surface area is 339 Å². The number of nitrogens with zero attached hydrogens (tertiary/aromatic N) is 3. The third kappa shape index (κ3) is 4.89. The number of benzene rings is 9. The van der Waals surface area contributed by atoms with E-state index in [1.807, 2.05) is 11.3 Å². The average molecular weight is 756 g/mol. The molecule has 0 bridgehead atoms. The molecule has 0 amide bonds. The molecule has 0 N–H and O–H groups in total. The first-order valence-corrected chi connectivity index (χ1v) is 20.5. The van der Waals surface area contributed by atoms with Crippen molar-refractivity contribution < 1.29 is 0 Å². The third-order valence-electron chi connectivity index (χ3n) is 12.0. The van der Waals surface area contributed by atoms with Crippen molar-refractivity contribution in [2.45, 2.75) is 5.41 Å². The van der Waals surface area contributed by atoms with Crippen LogP contribution in [0.1, 0.15) is 22.3 Å². The maximum absolute atomic E-state index is 5.41. The molecule has 1 aliphatic carbocycles. The van der Waals surface area contributed by atoms with Gasteiger partial charge < -0.3 is 0 Å². The molecule has 0 fully saturated rings. The standard InChI is InChI=1S/C54H33N3S/c1-3-16-38(17-4-1)54(39-18-5-2-6-19-39)46-24-11-9-21-41(46)42-30-28-37(33-47(42)54)52-55-51(36-29-31-49-45(32-36)43-22-10-12-25-48(43)58-49)56-53(57-52)44-23-13-15-35-27-26-34-14-7-8-20-40(34)50(35)44/h1-33H. The molecule has 0 atom stereocenters. The van der Waals surface area contributed by atoms with Gasteiger partial charge in [0.05, 0.1) is 5.41 Å². The van der Waals surface area contributed by atoms with E-state index < -0.39 is 5.41 Å². The third-order valence-corrected chi connectivity index (χ3v) is 13.1. The van der Waals surface area contributed by atoms with Crippen LogP contribution < -0.4 is 0 Å². The molecule has 3 nitrogen and oxygen atoms in total. The first-order chi connectivity index (χ1) is 28.7. The van der Waals surface area contributed by atoms with Crippen molar-refractivity contribution in [3.05, 3.63) is 222 Å². The lowest BCUT2D eigenvalue weighted by Gasteiger charge is -2.34. The monoisotopic (exact) mass is 755 g/mol. The summed E-state index contributed by atoms with van der Waals surface area (Å²) in [4.78, 5) is 16.1. The molecule has 2 heterocycles. The second-order valence-electron chi connectivity index (χ2n) is 15.1. The fourth-order valence-corrected chi connectivity index (χ4v) is 10.5. The number of fused-ring (bicyclic) bond motifs is 9. The molecule has 0 saturated carbocycles. The van der Waals surface area contributed by atoms with Gasteiger partial charge in [0.2, 0.25) is 0 Å². The first-order valence-electron chi connectivity index (χ1n) is 19.7. The zero-order chi connectivity index (χ0) is 38.2. The number of hydrogen-bond donors (Lipinski definition) is 0. The predicted molar refractivity (Wildman–Crippen MR) is 241 cm³/mol. The molecular formula is C54H33N3S. The summed E-state index contributed by atoms with van der Waals surface area (Å²) in [6, 6.07) is 72.2. The van der Waals surface area contributed by atoms with E-state index in [-0.39, 0.29) is 0 Å². The van der Waals surface area contributed by atoms with Gasteiger partial charge in [-0.1, -0.05) is 170 Å². The van der Waals surface area contributed by atoms with Crippen molar-refractivity contribution in [1.29, 1.82) is 0 Å². The Balaban J connectivity index is 1.14. The number of hydrogen-bond acceptors (Lipinski definition) is 4. The summed E-state index contributed by atoms with van der Waals surface area (Å²) in [5, 5.41) is 7.11. The van der Waals surface area contributed by atoms with Gasteiger partial charge in [-0.3, -0.25) is 0 Å². The van der Waals surface area contributed by atoms with Gasteiger partial charge in [-0.15, -0.1) is 11.3 Å². The highest BCUT2D eigenvalue weighted by Crippen LogP contribution is 2.56. The van der Waals surface area contributed by atoms with Crippen molar-refractivity contribution in [1.82, 2.24) is 15.0 Å². The van der Waals surface area contributed by atoms with Crippen molar-refractivity contribution >= 4 is 53.1 Å². The average Bonchev–Trinajstić information content (AvgIpc) is 3.82. The molecule has 0 unspecified atom stereocenters. The Morgan fingerprint density at radius 2 is 0.914 bits per heavy atom. The highest BCUT2D eigenvalue weighted by atomic mass is 32.1. The zero-order valence-corrected chi connectivity index (χ0v) is 32.1. The van der Waals surface area contributed by atoms with Crippen LogP contribution in [-0.2, 0) is 5.41 Å². The fourth-order valence-electron chi connectivity index (χ4n) is 9.45. The van der Waals surface area contributed by atoms with E-state index in [4.69, 9.17) is 15.0 Å². The molecule has 270 valence electrons. The molecule has 0 aliphatic heterocycles. The molecule has 11 aromatic rings. The Morgan fingerprint density at radius 3 is 1.72 bits per heavy atom. The topological polar surface area (TPSA) is 38.7 Å². The van der Waals surface area contributed by atoms with Gasteiger partial charge in [0.25, 0.3) is 0 Å². The summed E-state index contributed by atoms with van der Waals surface area (Å²) in [5.74, 6) is 1.94. The molecule has 0 saturated heterocycles. The zero-order valence-electron chi connectivity index (χ0n) is 31.3. The smallest absolute Gasteiger partial charge is 0.164 e. The maximum Gasteiger partial charge on any atom is 0.164 e. The van der Waals surface area contributed by atoms with E-state index in [1.54, 1.807) is 0 Å². The second kappa shape index (κ2) is 12.9.